The summed E-state index contributed by atoms with van der Waals surface area (Å²) in [6.07, 6.45) is 4.50. The van der Waals surface area contributed by atoms with E-state index in [1.807, 2.05) is 24.3 Å². The van der Waals surface area contributed by atoms with Gasteiger partial charge in [-0.25, -0.2) is 0 Å². The molecule has 0 radical (unpaired) electrons. The van der Waals surface area contributed by atoms with E-state index in [0.29, 0.717) is 6.04 Å². The Morgan fingerprint density at radius 2 is 2.00 bits per heavy atom. The van der Waals surface area contributed by atoms with Gasteiger partial charge in [0.25, 0.3) is 5.91 Å². The highest BCUT2D eigenvalue weighted by Crippen LogP contribution is 2.24. The second-order valence-electron chi connectivity index (χ2n) is 5.14. The minimum absolute atomic E-state index is 0.0757. The summed E-state index contributed by atoms with van der Waals surface area (Å²) in [5.41, 5.74) is 2.05. The fourth-order valence-corrected chi connectivity index (χ4v) is 2.50. The summed E-state index contributed by atoms with van der Waals surface area (Å²) >= 11 is 0. The van der Waals surface area contributed by atoms with Crippen molar-refractivity contribution in [2.45, 2.75) is 45.6 Å². The third-order valence-corrected chi connectivity index (χ3v) is 3.65. The topological polar surface area (TPSA) is 29.1 Å². The molecule has 0 aromatic heterocycles. The molecule has 17 heavy (non-hydrogen) atoms. The largest absolute Gasteiger partial charge is 0.349 e. The van der Waals surface area contributed by atoms with Crippen molar-refractivity contribution in [2.75, 3.05) is 0 Å². The lowest BCUT2D eigenvalue weighted by molar-refractivity contribution is 0.0937. The van der Waals surface area contributed by atoms with Gasteiger partial charge in [-0.2, -0.15) is 0 Å². The van der Waals surface area contributed by atoms with Crippen molar-refractivity contribution in [3.8, 4) is 0 Å². The normalized spacial score (nSPS) is 23.6. The molecule has 1 amide bonds. The Balaban J connectivity index is 1.94. The quantitative estimate of drug-likeness (QED) is 0.850. The summed E-state index contributed by atoms with van der Waals surface area (Å²) in [5.74, 6) is 0.828. The smallest absolute Gasteiger partial charge is 0.251 e. The predicted molar refractivity (Wildman–Crippen MR) is 70.1 cm³/mol. The molecule has 0 saturated heterocycles. The molecule has 1 aliphatic rings. The van der Waals surface area contributed by atoms with E-state index < -0.39 is 0 Å². The fraction of sp³-hybridized carbons (Fsp3) is 0.533. The summed E-state index contributed by atoms with van der Waals surface area (Å²) < 4.78 is 0. The molecule has 0 heterocycles. The van der Waals surface area contributed by atoms with Gasteiger partial charge < -0.3 is 5.32 Å². The average Bonchev–Trinajstić information content (AvgIpc) is 2.75. The molecule has 1 N–H and O–H groups in total. The first-order valence-corrected chi connectivity index (χ1v) is 6.59. The SMILES string of the molecule is CCc1ccc(C(=O)NC2CCC(C)C2)cc1. The van der Waals surface area contributed by atoms with Crippen LogP contribution < -0.4 is 5.32 Å². The molecule has 2 nitrogen and oxygen atoms in total. The highest BCUT2D eigenvalue weighted by Gasteiger charge is 2.22. The van der Waals surface area contributed by atoms with Gasteiger partial charge in [0.1, 0.15) is 0 Å². The van der Waals surface area contributed by atoms with Crippen LogP contribution in [0.3, 0.4) is 0 Å². The van der Waals surface area contributed by atoms with E-state index in [1.165, 1.54) is 12.0 Å². The number of carbonyl (C=O) groups excluding carboxylic acids is 1. The minimum atomic E-state index is 0.0757. The van der Waals surface area contributed by atoms with E-state index >= 15 is 0 Å². The molecule has 1 aromatic carbocycles. The fourth-order valence-electron chi connectivity index (χ4n) is 2.50. The van der Waals surface area contributed by atoms with Crippen LogP contribution in [-0.2, 0) is 6.42 Å². The van der Waals surface area contributed by atoms with Gasteiger partial charge in [0.2, 0.25) is 0 Å². The monoisotopic (exact) mass is 231 g/mol. The first kappa shape index (κ1) is 12.2. The van der Waals surface area contributed by atoms with Gasteiger partial charge in [0, 0.05) is 11.6 Å². The number of aryl methyl sites for hydroxylation is 1. The van der Waals surface area contributed by atoms with Gasteiger partial charge in [0.05, 0.1) is 0 Å². The Bertz CT molecular complexity index is 382. The average molecular weight is 231 g/mol. The molecule has 0 bridgehead atoms. The van der Waals surface area contributed by atoms with E-state index in [0.717, 1.165) is 30.7 Å². The Hall–Kier alpha value is -1.31. The molecular formula is C15H21NO. The summed E-state index contributed by atoms with van der Waals surface area (Å²) in [5, 5.41) is 3.12. The molecule has 2 heteroatoms. The molecule has 2 rings (SSSR count). The second-order valence-corrected chi connectivity index (χ2v) is 5.14. The van der Waals surface area contributed by atoms with Gasteiger partial charge in [-0.1, -0.05) is 26.0 Å². The van der Waals surface area contributed by atoms with Crippen molar-refractivity contribution in [1.29, 1.82) is 0 Å². The minimum Gasteiger partial charge on any atom is -0.349 e. The summed E-state index contributed by atoms with van der Waals surface area (Å²) in [6.45, 7) is 4.37. The number of benzene rings is 1. The lowest BCUT2D eigenvalue weighted by atomic mass is 10.1. The Kier molecular flexibility index (Phi) is 3.82. The molecule has 1 saturated carbocycles. The van der Waals surface area contributed by atoms with Crippen LogP contribution in [0.5, 0.6) is 0 Å². The predicted octanol–water partition coefficient (Wildman–Crippen LogP) is 3.17. The number of nitrogens with one attached hydrogen (secondary N) is 1. The first-order valence-electron chi connectivity index (χ1n) is 6.59. The van der Waals surface area contributed by atoms with E-state index in [4.69, 9.17) is 0 Å². The van der Waals surface area contributed by atoms with E-state index in [9.17, 15) is 4.79 Å². The van der Waals surface area contributed by atoms with Gasteiger partial charge in [-0.3, -0.25) is 4.79 Å². The zero-order valence-corrected chi connectivity index (χ0v) is 10.7. The van der Waals surface area contributed by atoms with Gasteiger partial charge in [-0.05, 0) is 49.3 Å². The number of hydrogen-bond donors (Lipinski definition) is 1. The molecule has 1 aromatic rings. The molecular weight excluding hydrogens is 210 g/mol. The third kappa shape index (κ3) is 3.09. The van der Waals surface area contributed by atoms with Crippen molar-refractivity contribution < 1.29 is 4.79 Å². The molecule has 0 spiro atoms. The van der Waals surface area contributed by atoms with E-state index in [1.54, 1.807) is 0 Å². The molecule has 2 unspecified atom stereocenters. The Morgan fingerprint density at radius 3 is 2.53 bits per heavy atom. The maximum absolute atomic E-state index is 12.0. The van der Waals surface area contributed by atoms with Crippen LogP contribution in [0.1, 0.15) is 49.0 Å². The van der Waals surface area contributed by atoms with Crippen LogP contribution in [-0.4, -0.2) is 11.9 Å². The first-order chi connectivity index (χ1) is 8.19. The lowest BCUT2D eigenvalue weighted by Gasteiger charge is -2.12. The van der Waals surface area contributed by atoms with Crippen LogP contribution in [0.4, 0.5) is 0 Å². The lowest BCUT2D eigenvalue weighted by Crippen LogP contribution is -2.32. The van der Waals surface area contributed by atoms with Crippen LogP contribution in [0.25, 0.3) is 0 Å². The van der Waals surface area contributed by atoms with Crippen molar-refractivity contribution >= 4 is 5.91 Å². The van der Waals surface area contributed by atoms with Gasteiger partial charge in [-0.15, -0.1) is 0 Å². The maximum Gasteiger partial charge on any atom is 0.251 e. The number of rotatable bonds is 3. The zero-order chi connectivity index (χ0) is 12.3. The van der Waals surface area contributed by atoms with E-state index in [-0.39, 0.29) is 5.91 Å². The number of carbonyl (C=O) groups is 1. The van der Waals surface area contributed by atoms with Crippen molar-refractivity contribution in [3.05, 3.63) is 35.4 Å². The summed E-state index contributed by atoms with van der Waals surface area (Å²) in [4.78, 5) is 12.0. The standard InChI is InChI=1S/C15H21NO/c1-3-12-5-7-13(8-6-12)15(17)16-14-9-4-11(2)10-14/h5-8,11,14H,3-4,9-10H2,1-2H3,(H,16,17). The van der Waals surface area contributed by atoms with Crippen LogP contribution in [0.2, 0.25) is 0 Å². The van der Waals surface area contributed by atoms with Crippen LogP contribution >= 0.6 is 0 Å². The highest BCUT2D eigenvalue weighted by atomic mass is 16.1. The van der Waals surface area contributed by atoms with Crippen LogP contribution in [0.15, 0.2) is 24.3 Å². The number of hydrogen-bond acceptors (Lipinski definition) is 1. The molecule has 1 fully saturated rings. The van der Waals surface area contributed by atoms with E-state index in [2.05, 4.69) is 19.2 Å². The Labute approximate surface area is 103 Å². The van der Waals surface area contributed by atoms with Gasteiger partial charge >= 0.3 is 0 Å². The number of amides is 1. The van der Waals surface area contributed by atoms with Crippen LogP contribution in [0, 0.1) is 5.92 Å². The zero-order valence-electron chi connectivity index (χ0n) is 10.7. The third-order valence-electron chi connectivity index (χ3n) is 3.65. The molecule has 2 atom stereocenters. The molecule has 0 aliphatic heterocycles. The van der Waals surface area contributed by atoms with Gasteiger partial charge in [0.15, 0.2) is 0 Å². The van der Waals surface area contributed by atoms with Crippen molar-refractivity contribution in [1.82, 2.24) is 5.32 Å². The Morgan fingerprint density at radius 1 is 1.29 bits per heavy atom. The summed E-state index contributed by atoms with van der Waals surface area (Å²) in [6, 6.07) is 8.29. The molecule has 92 valence electrons. The van der Waals surface area contributed by atoms with Crippen molar-refractivity contribution in [2.24, 2.45) is 5.92 Å². The second kappa shape index (κ2) is 5.35. The summed E-state index contributed by atoms with van der Waals surface area (Å²) in [7, 11) is 0. The van der Waals surface area contributed by atoms with Crippen molar-refractivity contribution in [3.63, 3.8) is 0 Å². The maximum atomic E-state index is 12.0. The molecule has 1 aliphatic carbocycles. The highest BCUT2D eigenvalue weighted by molar-refractivity contribution is 5.94.